The molecule has 2 aromatic carbocycles. The van der Waals surface area contributed by atoms with Crippen molar-refractivity contribution in [1.29, 1.82) is 0 Å². The van der Waals surface area contributed by atoms with Crippen molar-refractivity contribution < 1.29 is 9.13 Å². The fourth-order valence-electron chi connectivity index (χ4n) is 2.61. The molecule has 0 spiro atoms. The molecule has 2 heteroatoms. The smallest absolute Gasteiger partial charge is 0.120 e. The fourth-order valence-corrected chi connectivity index (χ4v) is 2.61. The summed E-state index contributed by atoms with van der Waals surface area (Å²) in [5.41, 5.74) is 1.35. The summed E-state index contributed by atoms with van der Waals surface area (Å²) in [5.74, 6) is 0.875. The van der Waals surface area contributed by atoms with E-state index in [-0.39, 0.29) is 0 Å². The van der Waals surface area contributed by atoms with Crippen LogP contribution >= 0.6 is 0 Å². The van der Waals surface area contributed by atoms with E-state index < -0.39 is 6.17 Å². The predicted octanol–water partition coefficient (Wildman–Crippen LogP) is 5.87. The summed E-state index contributed by atoms with van der Waals surface area (Å²) in [6.07, 6.45) is 6.03. The molecule has 118 valence electrons. The molecule has 0 aliphatic rings. The van der Waals surface area contributed by atoms with E-state index in [1.807, 2.05) is 6.07 Å². The minimum atomic E-state index is -0.668. The molecule has 0 aliphatic carbocycles. The SMILES string of the molecule is C=CCOc1ccc2cc(CCCCCC(C)F)ccc2c1. The maximum Gasteiger partial charge on any atom is 0.120 e. The fraction of sp³-hybridized carbons (Fsp3) is 0.400. The molecular formula is C20H25FO. The third-order valence-electron chi connectivity index (χ3n) is 3.81. The number of hydrogen-bond acceptors (Lipinski definition) is 1. The van der Waals surface area contributed by atoms with Crippen molar-refractivity contribution in [1.82, 2.24) is 0 Å². The van der Waals surface area contributed by atoms with Crippen molar-refractivity contribution in [2.24, 2.45) is 0 Å². The zero-order valence-corrected chi connectivity index (χ0v) is 13.4. The standard InChI is InChI=1S/C20H25FO/c1-3-13-22-20-12-11-18-14-17(9-10-19(18)15-20)8-6-4-5-7-16(2)21/h3,9-12,14-16H,1,4-8,13H2,2H3. The topological polar surface area (TPSA) is 9.23 Å². The minimum absolute atomic E-state index is 0.529. The molecule has 0 radical (unpaired) electrons. The van der Waals surface area contributed by atoms with Gasteiger partial charge in [0.2, 0.25) is 0 Å². The molecule has 2 rings (SSSR count). The van der Waals surface area contributed by atoms with Gasteiger partial charge >= 0.3 is 0 Å². The van der Waals surface area contributed by atoms with Gasteiger partial charge in [0.25, 0.3) is 0 Å². The van der Waals surface area contributed by atoms with Crippen molar-refractivity contribution in [2.45, 2.75) is 45.2 Å². The maximum atomic E-state index is 12.7. The van der Waals surface area contributed by atoms with Gasteiger partial charge in [-0.2, -0.15) is 0 Å². The second-order valence-corrected chi connectivity index (χ2v) is 5.82. The van der Waals surface area contributed by atoms with Gasteiger partial charge in [-0.1, -0.05) is 49.8 Å². The summed E-state index contributed by atoms with van der Waals surface area (Å²) in [4.78, 5) is 0. The number of rotatable bonds is 9. The number of fused-ring (bicyclic) bond motifs is 1. The highest BCUT2D eigenvalue weighted by Gasteiger charge is 2.01. The number of unbranched alkanes of at least 4 members (excludes halogenated alkanes) is 2. The highest BCUT2D eigenvalue weighted by Crippen LogP contribution is 2.23. The van der Waals surface area contributed by atoms with Crippen LogP contribution in [-0.2, 0) is 6.42 Å². The number of benzene rings is 2. The van der Waals surface area contributed by atoms with Crippen LogP contribution in [0.2, 0.25) is 0 Å². The first-order chi connectivity index (χ1) is 10.7. The van der Waals surface area contributed by atoms with Gasteiger partial charge < -0.3 is 4.74 Å². The molecule has 0 N–H and O–H groups in total. The lowest BCUT2D eigenvalue weighted by Crippen LogP contribution is -1.93. The van der Waals surface area contributed by atoms with Gasteiger partial charge in [-0.25, -0.2) is 4.39 Å². The highest BCUT2D eigenvalue weighted by molar-refractivity contribution is 5.84. The van der Waals surface area contributed by atoms with Gasteiger partial charge in [0.15, 0.2) is 0 Å². The van der Waals surface area contributed by atoms with Crippen molar-refractivity contribution in [2.75, 3.05) is 6.61 Å². The van der Waals surface area contributed by atoms with Crippen LogP contribution in [0.3, 0.4) is 0 Å². The summed E-state index contributed by atoms with van der Waals surface area (Å²) in [5, 5.41) is 2.43. The molecular weight excluding hydrogens is 275 g/mol. The van der Waals surface area contributed by atoms with Crippen LogP contribution in [0, 0.1) is 0 Å². The van der Waals surface area contributed by atoms with Crippen LogP contribution in [0.15, 0.2) is 49.1 Å². The van der Waals surface area contributed by atoms with Crippen molar-refractivity contribution in [3.8, 4) is 5.75 Å². The Balaban J connectivity index is 1.91. The van der Waals surface area contributed by atoms with Gasteiger partial charge in [-0.3, -0.25) is 0 Å². The summed E-state index contributed by atoms with van der Waals surface area (Å²) in [6.45, 7) is 5.82. The van der Waals surface area contributed by atoms with E-state index >= 15 is 0 Å². The molecule has 0 saturated heterocycles. The summed E-state index contributed by atoms with van der Waals surface area (Å²) >= 11 is 0. The van der Waals surface area contributed by atoms with Crippen LogP contribution in [0.5, 0.6) is 5.75 Å². The van der Waals surface area contributed by atoms with E-state index in [2.05, 4.69) is 36.9 Å². The molecule has 1 nitrogen and oxygen atoms in total. The Morgan fingerprint density at radius 3 is 2.64 bits per heavy atom. The highest BCUT2D eigenvalue weighted by atomic mass is 19.1. The second-order valence-electron chi connectivity index (χ2n) is 5.82. The van der Waals surface area contributed by atoms with Gasteiger partial charge in [0, 0.05) is 0 Å². The average Bonchev–Trinajstić information content (AvgIpc) is 2.52. The zero-order valence-electron chi connectivity index (χ0n) is 13.4. The number of hydrogen-bond donors (Lipinski definition) is 0. The summed E-state index contributed by atoms with van der Waals surface area (Å²) in [7, 11) is 0. The molecule has 0 amide bonds. The Kier molecular flexibility index (Phi) is 6.45. The van der Waals surface area contributed by atoms with Crippen LogP contribution in [0.4, 0.5) is 4.39 Å². The van der Waals surface area contributed by atoms with E-state index in [0.717, 1.165) is 31.4 Å². The molecule has 0 fully saturated rings. The van der Waals surface area contributed by atoms with Crippen LogP contribution < -0.4 is 4.74 Å². The molecule has 0 aromatic heterocycles. The van der Waals surface area contributed by atoms with Crippen LogP contribution in [0.1, 0.15) is 38.2 Å². The van der Waals surface area contributed by atoms with Crippen molar-refractivity contribution in [3.05, 3.63) is 54.6 Å². The molecule has 1 atom stereocenters. The largest absolute Gasteiger partial charge is 0.490 e. The van der Waals surface area contributed by atoms with Crippen LogP contribution in [0.25, 0.3) is 10.8 Å². The molecule has 22 heavy (non-hydrogen) atoms. The van der Waals surface area contributed by atoms with E-state index in [4.69, 9.17) is 4.74 Å². The lowest BCUT2D eigenvalue weighted by Gasteiger charge is -2.07. The van der Waals surface area contributed by atoms with Gasteiger partial charge in [0.1, 0.15) is 12.4 Å². The Hall–Kier alpha value is -1.83. The Morgan fingerprint density at radius 1 is 1.09 bits per heavy atom. The van der Waals surface area contributed by atoms with Crippen LogP contribution in [-0.4, -0.2) is 12.8 Å². The Bertz CT molecular complexity index is 604. The maximum absolute atomic E-state index is 12.7. The predicted molar refractivity (Wildman–Crippen MR) is 92.4 cm³/mol. The molecule has 0 bridgehead atoms. The van der Waals surface area contributed by atoms with E-state index in [0.29, 0.717) is 13.0 Å². The number of aryl methyl sites for hydroxylation is 1. The normalized spacial score (nSPS) is 12.3. The monoisotopic (exact) mass is 300 g/mol. The lowest BCUT2D eigenvalue weighted by molar-refractivity contribution is 0.330. The molecule has 0 saturated carbocycles. The van der Waals surface area contributed by atoms with Crippen molar-refractivity contribution in [3.63, 3.8) is 0 Å². The first kappa shape index (κ1) is 16.5. The first-order valence-electron chi connectivity index (χ1n) is 8.09. The summed E-state index contributed by atoms with van der Waals surface area (Å²) < 4.78 is 18.3. The molecule has 0 aliphatic heterocycles. The van der Waals surface area contributed by atoms with E-state index in [9.17, 15) is 4.39 Å². The zero-order chi connectivity index (χ0) is 15.8. The third-order valence-corrected chi connectivity index (χ3v) is 3.81. The molecule has 2 aromatic rings. The second kappa shape index (κ2) is 8.57. The molecule has 1 unspecified atom stereocenters. The van der Waals surface area contributed by atoms with Crippen molar-refractivity contribution >= 4 is 10.8 Å². The minimum Gasteiger partial charge on any atom is -0.490 e. The first-order valence-corrected chi connectivity index (χ1v) is 8.09. The average molecular weight is 300 g/mol. The van der Waals surface area contributed by atoms with Gasteiger partial charge in [0.05, 0.1) is 6.17 Å². The van der Waals surface area contributed by atoms with Gasteiger partial charge in [-0.15, -0.1) is 0 Å². The number of ether oxygens (including phenoxy) is 1. The quantitative estimate of drug-likeness (QED) is 0.416. The van der Waals surface area contributed by atoms with Gasteiger partial charge in [-0.05, 0) is 54.7 Å². The number of alkyl halides is 1. The Morgan fingerprint density at radius 2 is 1.86 bits per heavy atom. The molecule has 0 heterocycles. The summed E-state index contributed by atoms with van der Waals surface area (Å²) in [6, 6.07) is 12.7. The van der Waals surface area contributed by atoms with E-state index in [1.54, 1.807) is 13.0 Å². The van der Waals surface area contributed by atoms with E-state index in [1.165, 1.54) is 16.3 Å². The lowest BCUT2D eigenvalue weighted by atomic mass is 10.0. The number of halogens is 1. The third kappa shape index (κ3) is 5.18. The Labute approximate surface area is 132 Å².